The molecule has 1 aromatic carbocycles. The van der Waals surface area contributed by atoms with Crippen LogP contribution in [-0.2, 0) is 11.2 Å². The van der Waals surface area contributed by atoms with E-state index in [1.54, 1.807) is 6.07 Å². The largest absolute Gasteiger partial charge is 0.379 e. The lowest BCUT2D eigenvalue weighted by atomic mass is 10.1. The Balaban J connectivity index is 1.54. The summed E-state index contributed by atoms with van der Waals surface area (Å²) in [6, 6.07) is 5.27. The van der Waals surface area contributed by atoms with Crippen molar-refractivity contribution in [3.63, 3.8) is 0 Å². The summed E-state index contributed by atoms with van der Waals surface area (Å²) >= 11 is 11.9. The van der Waals surface area contributed by atoms with Gasteiger partial charge in [0.1, 0.15) is 0 Å². The Bertz CT molecular complexity index is 488. The molecule has 0 saturated carbocycles. The molecule has 0 radical (unpaired) electrons. The molecule has 1 aliphatic rings. The molecule has 2 N–H and O–H groups in total. The molecule has 1 aromatic rings. The molecule has 128 valence electrons. The van der Waals surface area contributed by atoms with Crippen molar-refractivity contribution in [2.24, 2.45) is 0 Å². The molecule has 0 bridgehead atoms. The standard InChI is InChI=1S/C16H23Cl2N3O2/c17-14-10-13(11-15(18)12-14)2-4-20-16(22)19-3-1-5-21-6-8-23-9-7-21/h10-12H,1-9H2,(H2,19,20,22). The first-order valence-electron chi connectivity index (χ1n) is 7.90. The lowest BCUT2D eigenvalue weighted by Crippen LogP contribution is -2.40. The molecule has 1 aliphatic heterocycles. The van der Waals surface area contributed by atoms with E-state index in [0.717, 1.165) is 44.8 Å². The van der Waals surface area contributed by atoms with Gasteiger partial charge in [-0.2, -0.15) is 0 Å². The topological polar surface area (TPSA) is 53.6 Å². The third-order valence-corrected chi connectivity index (χ3v) is 4.10. The predicted molar refractivity (Wildman–Crippen MR) is 93.4 cm³/mol. The molecular formula is C16H23Cl2N3O2. The average Bonchev–Trinajstić information content (AvgIpc) is 2.52. The Kier molecular flexibility index (Phi) is 7.95. The zero-order valence-corrected chi connectivity index (χ0v) is 14.6. The molecule has 0 atom stereocenters. The Hall–Kier alpha value is -1.01. The van der Waals surface area contributed by atoms with Gasteiger partial charge in [0.25, 0.3) is 0 Å². The fourth-order valence-corrected chi connectivity index (χ4v) is 3.04. The number of benzene rings is 1. The lowest BCUT2D eigenvalue weighted by molar-refractivity contribution is 0.0375. The van der Waals surface area contributed by atoms with E-state index >= 15 is 0 Å². The van der Waals surface area contributed by atoms with E-state index in [-0.39, 0.29) is 6.03 Å². The number of nitrogens with one attached hydrogen (secondary N) is 2. The van der Waals surface area contributed by atoms with Crippen LogP contribution in [-0.4, -0.2) is 56.9 Å². The Morgan fingerprint density at radius 1 is 1.09 bits per heavy atom. The quantitative estimate of drug-likeness (QED) is 0.735. The van der Waals surface area contributed by atoms with Gasteiger partial charge in [0.2, 0.25) is 0 Å². The van der Waals surface area contributed by atoms with Crippen molar-refractivity contribution in [3.8, 4) is 0 Å². The monoisotopic (exact) mass is 359 g/mol. The van der Waals surface area contributed by atoms with E-state index in [2.05, 4.69) is 15.5 Å². The van der Waals surface area contributed by atoms with Crippen LogP contribution in [0.25, 0.3) is 0 Å². The van der Waals surface area contributed by atoms with Crippen molar-refractivity contribution >= 4 is 29.2 Å². The fraction of sp³-hybridized carbons (Fsp3) is 0.562. The third-order valence-electron chi connectivity index (χ3n) is 3.66. The van der Waals surface area contributed by atoms with Crippen LogP contribution in [0.1, 0.15) is 12.0 Å². The van der Waals surface area contributed by atoms with Crippen LogP contribution in [0.4, 0.5) is 4.79 Å². The summed E-state index contributed by atoms with van der Waals surface area (Å²) in [4.78, 5) is 14.1. The van der Waals surface area contributed by atoms with Crippen LogP contribution >= 0.6 is 23.2 Å². The van der Waals surface area contributed by atoms with Gasteiger partial charge in [-0.05, 0) is 43.1 Å². The number of carbonyl (C=O) groups excluding carboxylic acids is 1. The molecule has 0 spiro atoms. The minimum atomic E-state index is -0.139. The maximum atomic E-state index is 11.7. The van der Waals surface area contributed by atoms with E-state index in [1.165, 1.54) is 0 Å². The van der Waals surface area contributed by atoms with Crippen LogP contribution in [0, 0.1) is 0 Å². The van der Waals surface area contributed by atoms with Crippen molar-refractivity contribution in [3.05, 3.63) is 33.8 Å². The van der Waals surface area contributed by atoms with Crippen molar-refractivity contribution in [1.29, 1.82) is 0 Å². The smallest absolute Gasteiger partial charge is 0.314 e. The summed E-state index contributed by atoms with van der Waals surface area (Å²) in [6.07, 6.45) is 1.64. The Morgan fingerprint density at radius 3 is 2.43 bits per heavy atom. The first-order valence-corrected chi connectivity index (χ1v) is 8.66. The van der Waals surface area contributed by atoms with E-state index < -0.39 is 0 Å². The number of morpholine rings is 1. The van der Waals surface area contributed by atoms with Gasteiger partial charge in [0.05, 0.1) is 13.2 Å². The second kappa shape index (κ2) is 9.98. The van der Waals surface area contributed by atoms with E-state index in [9.17, 15) is 4.79 Å². The van der Waals surface area contributed by atoms with Crippen molar-refractivity contribution in [1.82, 2.24) is 15.5 Å². The number of rotatable bonds is 7. The number of carbonyl (C=O) groups is 1. The van der Waals surface area contributed by atoms with Crippen LogP contribution in [0.2, 0.25) is 10.0 Å². The first kappa shape index (κ1) is 18.3. The molecule has 0 unspecified atom stereocenters. The van der Waals surface area contributed by atoms with Crippen LogP contribution in [0.5, 0.6) is 0 Å². The minimum absolute atomic E-state index is 0.139. The second-order valence-electron chi connectivity index (χ2n) is 5.52. The van der Waals surface area contributed by atoms with E-state index in [4.69, 9.17) is 27.9 Å². The van der Waals surface area contributed by atoms with Gasteiger partial charge in [-0.15, -0.1) is 0 Å². The van der Waals surface area contributed by atoms with Crippen LogP contribution in [0.15, 0.2) is 18.2 Å². The van der Waals surface area contributed by atoms with E-state index in [0.29, 0.717) is 29.6 Å². The van der Waals surface area contributed by atoms with E-state index in [1.807, 2.05) is 12.1 Å². The molecule has 7 heteroatoms. The maximum absolute atomic E-state index is 11.7. The molecule has 2 amide bonds. The number of halogens is 2. The number of amides is 2. The highest BCUT2D eigenvalue weighted by atomic mass is 35.5. The second-order valence-corrected chi connectivity index (χ2v) is 6.39. The summed E-state index contributed by atoms with van der Waals surface area (Å²) in [6.45, 7) is 5.79. The van der Waals surface area contributed by atoms with Crippen LogP contribution < -0.4 is 10.6 Å². The van der Waals surface area contributed by atoms with Crippen molar-refractivity contribution in [2.75, 3.05) is 45.9 Å². The summed E-state index contributed by atoms with van der Waals surface area (Å²) in [7, 11) is 0. The van der Waals surface area contributed by atoms with Gasteiger partial charge in [-0.25, -0.2) is 4.79 Å². The van der Waals surface area contributed by atoms with Gasteiger partial charge in [-0.1, -0.05) is 23.2 Å². The SMILES string of the molecule is O=C(NCCCN1CCOCC1)NCCc1cc(Cl)cc(Cl)c1. The molecule has 5 nitrogen and oxygen atoms in total. The molecule has 1 saturated heterocycles. The van der Waals surface area contributed by atoms with Gasteiger partial charge in [0, 0.05) is 36.2 Å². The highest BCUT2D eigenvalue weighted by Crippen LogP contribution is 2.19. The minimum Gasteiger partial charge on any atom is -0.379 e. The normalized spacial score (nSPS) is 15.4. The van der Waals surface area contributed by atoms with Crippen LogP contribution in [0.3, 0.4) is 0 Å². The van der Waals surface area contributed by atoms with Gasteiger partial charge in [-0.3, -0.25) is 4.90 Å². The number of hydrogen-bond donors (Lipinski definition) is 2. The summed E-state index contributed by atoms with van der Waals surface area (Å²) in [5.41, 5.74) is 1.01. The number of urea groups is 1. The van der Waals surface area contributed by atoms with Crippen molar-refractivity contribution < 1.29 is 9.53 Å². The fourth-order valence-electron chi connectivity index (χ4n) is 2.47. The molecule has 0 aliphatic carbocycles. The summed E-state index contributed by atoms with van der Waals surface area (Å²) < 4.78 is 5.30. The number of nitrogens with zero attached hydrogens (tertiary/aromatic N) is 1. The molecule has 23 heavy (non-hydrogen) atoms. The number of ether oxygens (including phenoxy) is 1. The summed E-state index contributed by atoms with van der Waals surface area (Å²) in [5.74, 6) is 0. The average molecular weight is 360 g/mol. The molecule has 2 rings (SSSR count). The molecule has 1 heterocycles. The highest BCUT2D eigenvalue weighted by molar-refractivity contribution is 6.34. The molecular weight excluding hydrogens is 337 g/mol. The Morgan fingerprint density at radius 2 is 1.74 bits per heavy atom. The molecule has 0 aromatic heterocycles. The first-order chi connectivity index (χ1) is 11.1. The maximum Gasteiger partial charge on any atom is 0.314 e. The lowest BCUT2D eigenvalue weighted by Gasteiger charge is -2.26. The Labute approximate surface area is 147 Å². The van der Waals surface area contributed by atoms with Gasteiger partial charge >= 0.3 is 6.03 Å². The summed E-state index contributed by atoms with van der Waals surface area (Å²) in [5, 5.41) is 6.93. The van der Waals surface area contributed by atoms with Gasteiger partial charge in [0.15, 0.2) is 0 Å². The van der Waals surface area contributed by atoms with Gasteiger partial charge < -0.3 is 15.4 Å². The van der Waals surface area contributed by atoms with Crippen molar-refractivity contribution in [2.45, 2.75) is 12.8 Å². The predicted octanol–water partition coefficient (Wildman–Crippen LogP) is 2.56. The highest BCUT2D eigenvalue weighted by Gasteiger charge is 2.09. The number of hydrogen-bond acceptors (Lipinski definition) is 3. The third kappa shape index (κ3) is 7.40. The molecule has 1 fully saturated rings. The zero-order chi connectivity index (χ0) is 16.5. The zero-order valence-electron chi connectivity index (χ0n) is 13.1.